The van der Waals surface area contributed by atoms with Crippen LogP contribution in [0.25, 0.3) is 0 Å². The van der Waals surface area contributed by atoms with Gasteiger partial charge in [0.2, 0.25) is 0 Å². The molecule has 0 bridgehead atoms. The van der Waals surface area contributed by atoms with Crippen LogP contribution in [0.3, 0.4) is 0 Å². The third kappa shape index (κ3) is 1.07. The van der Waals surface area contributed by atoms with Crippen LogP contribution in [0, 0.1) is 0 Å². The highest BCUT2D eigenvalue weighted by atomic mass is 19.1. The predicted octanol–water partition coefficient (Wildman–Crippen LogP) is -0.702. The van der Waals surface area contributed by atoms with E-state index in [1.165, 1.54) is 0 Å². The average Bonchev–Trinajstić information content (AvgIpc) is 2.13. The van der Waals surface area contributed by atoms with E-state index in [9.17, 15) is 14.0 Å². The largest absolute Gasteiger partial charge is 0.480 e. The normalized spacial score (nSPS) is 31.9. The third-order valence-corrected chi connectivity index (χ3v) is 1.34. The fourth-order valence-electron chi connectivity index (χ4n) is 0.798. The Morgan fingerprint density at radius 1 is 1.80 bits per heavy atom. The van der Waals surface area contributed by atoms with E-state index in [1.54, 1.807) is 0 Å². The van der Waals surface area contributed by atoms with Gasteiger partial charge >= 0.3 is 5.97 Å². The Kier molecular flexibility index (Phi) is 1.57. The molecule has 1 heterocycles. The average molecular weight is 147 g/mol. The van der Waals surface area contributed by atoms with E-state index >= 15 is 0 Å². The summed E-state index contributed by atoms with van der Waals surface area (Å²) in [6.07, 6.45) is -1.91. The minimum absolute atomic E-state index is 0.256. The van der Waals surface area contributed by atoms with Crippen LogP contribution in [-0.2, 0) is 9.59 Å². The van der Waals surface area contributed by atoms with Gasteiger partial charge < -0.3 is 10.4 Å². The summed E-state index contributed by atoms with van der Waals surface area (Å²) in [5.41, 5.74) is 0. The van der Waals surface area contributed by atoms with E-state index in [2.05, 4.69) is 0 Å². The number of hydrogen-bond acceptors (Lipinski definition) is 2. The number of amides is 1. The maximum Gasteiger partial charge on any atom is 0.326 e. The van der Waals surface area contributed by atoms with Gasteiger partial charge in [-0.3, -0.25) is 4.79 Å². The topological polar surface area (TPSA) is 66.4 Å². The summed E-state index contributed by atoms with van der Waals surface area (Å²) in [7, 11) is 0. The second kappa shape index (κ2) is 2.24. The van der Waals surface area contributed by atoms with Gasteiger partial charge in [-0.2, -0.15) is 0 Å². The van der Waals surface area contributed by atoms with Gasteiger partial charge in [0.25, 0.3) is 5.91 Å². The molecular weight excluding hydrogens is 141 g/mol. The molecule has 1 rings (SSSR count). The van der Waals surface area contributed by atoms with Crippen molar-refractivity contribution in [3.63, 3.8) is 0 Å². The van der Waals surface area contributed by atoms with Gasteiger partial charge in [-0.15, -0.1) is 0 Å². The molecule has 0 saturated carbocycles. The Balaban J connectivity index is 2.57. The van der Waals surface area contributed by atoms with Crippen molar-refractivity contribution < 1.29 is 19.1 Å². The van der Waals surface area contributed by atoms with Gasteiger partial charge in [-0.25, -0.2) is 9.18 Å². The van der Waals surface area contributed by atoms with Crippen molar-refractivity contribution in [2.45, 2.75) is 18.6 Å². The highest BCUT2D eigenvalue weighted by Gasteiger charge is 2.35. The van der Waals surface area contributed by atoms with Crippen LogP contribution >= 0.6 is 0 Å². The van der Waals surface area contributed by atoms with Crippen LogP contribution in [-0.4, -0.2) is 29.2 Å². The van der Waals surface area contributed by atoms with Crippen LogP contribution in [0.4, 0.5) is 4.39 Å². The zero-order valence-corrected chi connectivity index (χ0v) is 5.00. The lowest BCUT2D eigenvalue weighted by molar-refractivity contribution is -0.140. The van der Waals surface area contributed by atoms with E-state index in [0.29, 0.717) is 0 Å². The van der Waals surface area contributed by atoms with Gasteiger partial charge in [0, 0.05) is 6.42 Å². The van der Waals surface area contributed by atoms with Crippen LogP contribution in [0.5, 0.6) is 0 Å². The van der Waals surface area contributed by atoms with Gasteiger partial charge in [-0.1, -0.05) is 0 Å². The van der Waals surface area contributed by atoms with Crippen LogP contribution in [0.15, 0.2) is 0 Å². The smallest absolute Gasteiger partial charge is 0.326 e. The molecule has 0 radical (unpaired) electrons. The van der Waals surface area contributed by atoms with E-state index in [0.717, 1.165) is 0 Å². The van der Waals surface area contributed by atoms with Crippen molar-refractivity contribution >= 4 is 11.9 Å². The zero-order chi connectivity index (χ0) is 7.72. The van der Waals surface area contributed by atoms with Crippen molar-refractivity contribution in [2.75, 3.05) is 0 Å². The standard InChI is InChI=1S/C5H6FNO3/c6-2-1-3(5(9)10)7-4(2)8/h2-3H,1H2,(H,7,8)(H,9,10)/t2-,3-/m1/s1. The second-order valence-electron chi connectivity index (χ2n) is 2.10. The number of carbonyl (C=O) groups is 2. The molecule has 0 spiro atoms. The van der Waals surface area contributed by atoms with E-state index < -0.39 is 24.1 Å². The molecule has 10 heavy (non-hydrogen) atoms. The van der Waals surface area contributed by atoms with Crippen molar-refractivity contribution in [3.05, 3.63) is 0 Å². The number of aliphatic carboxylic acids is 1. The molecule has 1 aliphatic rings. The second-order valence-corrected chi connectivity index (χ2v) is 2.10. The molecule has 2 N–H and O–H groups in total. The van der Waals surface area contributed by atoms with Crippen LogP contribution < -0.4 is 5.32 Å². The molecule has 0 unspecified atom stereocenters. The summed E-state index contributed by atoms with van der Waals surface area (Å²) in [4.78, 5) is 20.5. The molecular formula is C5H6FNO3. The fraction of sp³-hybridized carbons (Fsp3) is 0.600. The first-order chi connectivity index (χ1) is 4.61. The molecule has 5 heteroatoms. The molecule has 0 aromatic rings. The SMILES string of the molecule is O=C1N[C@@H](C(=O)O)C[C@H]1F. The van der Waals surface area contributed by atoms with E-state index in [-0.39, 0.29) is 6.42 Å². The maximum atomic E-state index is 12.3. The van der Waals surface area contributed by atoms with Crippen molar-refractivity contribution in [1.29, 1.82) is 0 Å². The summed E-state index contributed by atoms with van der Waals surface area (Å²) in [5, 5.41) is 10.3. The van der Waals surface area contributed by atoms with Crippen LogP contribution in [0.1, 0.15) is 6.42 Å². The highest BCUT2D eigenvalue weighted by molar-refractivity contribution is 5.90. The molecule has 2 atom stereocenters. The molecule has 1 fully saturated rings. The Bertz CT molecular complexity index is 182. The Hall–Kier alpha value is -1.13. The molecule has 1 aliphatic heterocycles. The van der Waals surface area contributed by atoms with E-state index in [4.69, 9.17) is 5.11 Å². The quantitative estimate of drug-likeness (QED) is 0.515. The minimum Gasteiger partial charge on any atom is -0.480 e. The monoisotopic (exact) mass is 147 g/mol. The lowest BCUT2D eigenvalue weighted by Crippen LogP contribution is -2.32. The summed E-state index contributed by atoms with van der Waals surface area (Å²) in [6, 6.07) is -1.04. The summed E-state index contributed by atoms with van der Waals surface area (Å²) in [5.74, 6) is -2.01. The molecule has 0 aromatic heterocycles. The lowest BCUT2D eigenvalue weighted by Gasteiger charge is -1.99. The van der Waals surface area contributed by atoms with E-state index in [1.807, 2.05) is 5.32 Å². The molecule has 1 amide bonds. The third-order valence-electron chi connectivity index (χ3n) is 1.34. The first kappa shape index (κ1) is 6.98. The zero-order valence-electron chi connectivity index (χ0n) is 5.00. The number of rotatable bonds is 1. The molecule has 0 aromatic carbocycles. The first-order valence-electron chi connectivity index (χ1n) is 2.78. The number of nitrogens with one attached hydrogen (secondary N) is 1. The number of carboxylic acids is 1. The summed E-state index contributed by atoms with van der Waals surface area (Å²) >= 11 is 0. The molecule has 0 aliphatic carbocycles. The lowest BCUT2D eigenvalue weighted by atomic mass is 10.2. The maximum absolute atomic E-state index is 12.3. The Morgan fingerprint density at radius 3 is 2.60 bits per heavy atom. The number of alkyl halides is 1. The molecule has 1 saturated heterocycles. The van der Waals surface area contributed by atoms with Crippen LogP contribution in [0.2, 0.25) is 0 Å². The number of halogens is 1. The van der Waals surface area contributed by atoms with Gasteiger partial charge in [-0.05, 0) is 0 Å². The Labute approximate surface area is 56.0 Å². The van der Waals surface area contributed by atoms with Gasteiger partial charge in [0.1, 0.15) is 6.04 Å². The number of carbonyl (C=O) groups excluding carboxylic acids is 1. The summed E-state index contributed by atoms with van der Waals surface area (Å²) in [6.45, 7) is 0. The fourth-order valence-corrected chi connectivity index (χ4v) is 0.798. The van der Waals surface area contributed by atoms with Crippen molar-refractivity contribution in [2.24, 2.45) is 0 Å². The van der Waals surface area contributed by atoms with Gasteiger partial charge in [0.05, 0.1) is 0 Å². The molecule has 56 valence electrons. The highest BCUT2D eigenvalue weighted by Crippen LogP contribution is 2.10. The van der Waals surface area contributed by atoms with Gasteiger partial charge in [0.15, 0.2) is 6.17 Å². The number of hydrogen-bond donors (Lipinski definition) is 2. The Morgan fingerprint density at radius 2 is 2.40 bits per heavy atom. The first-order valence-corrected chi connectivity index (χ1v) is 2.78. The van der Waals surface area contributed by atoms with Crippen molar-refractivity contribution in [1.82, 2.24) is 5.32 Å². The predicted molar refractivity (Wildman–Crippen MR) is 29.1 cm³/mol. The molecule has 4 nitrogen and oxygen atoms in total. The minimum atomic E-state index is -1.65. The van der Waals surface area contributed by atoms with Crippen molar-refractivity contribution in [3.8, 4) is 0 Å². The number of carboxylic acid groups (broad SMARTS) is 1. The summed E-state index contributed by atoms with van der Waals surface area (Å²) < 4.78 is 12.3.